The summed E-state index contributed by atoms with van der Waals surface area (Å²) in [6.07, 6.45) is 3.00. The quantitative estimate of drug-likeness (QED) is 0.387. The summed E-state index contributed by atoms with van der Waals surface area (Å²) >= 11 is 13.5. The number of hydrogen-bond donors (Lipinski definition) is 1. The zero-order chi connectivity index (χ0) is 18.8. The van der Waals surface area contributed by atoms with Crippen LogP contribution in [0.15, 0.2) is 65.1 Å². The molecule has 1 N–H and O–H groups in total. The number of benzene rings is 2. The minimum Gasteiger partial charge on any atom is -0.457 e. The molecular formula is C20H12Cl2N2O2S. The van der Waals surface area contributed by atoms with Crippen molar-refractivity contribution in [3.05, 3.63) is 76.5 Å². The number of nitrogens with zero attached hydrogens (tertiary/aromatic N) is 1. The molecule has 0 radical (unpaired) electrons. The molecule has 0 aliphatic rings. The number of aromatic nitrogens is 1. The van der Waals surface area contributed by atoms with Crippen LogP contribution < -0.4 is 5.32 Å². The fraction of sp³-hybridized carbons (Fsp3) is 0. The second-order valence-electron chi connectivity index (χ2n) is 5.67. The Hall–Kier alpha value is -2.60. The Kier molecular flexibility index (Phi) is 4.99. The Labute approximate surface area is 169 Å². The van der Waals surface area contributed by atoms with Crippen molar-refractivity contribution >= 4 is 61.9 Å². The monoisotopic (exact) mass is 414 g/mol. The van der Waals surface area contributed by atoms with E-state index in [2.05, 4.69) is 10.3 Å². The Morgan fingerprint density at radius 1 is 1.07 bits per heavy atom. The summed E-state index contributed by atoms with van der Waals surface area (Å²) in [5.74, 6) is 0.879. The van der Waals surface area contributed by atoms with E-state index in [9.17, 15) is 4.79 Å². The number of halogens is 2. The highest BCUT2D eigenvalue weighted by atomic mass is 35.5. The van der Waals surface area contributed by atoms with Crippen LogP contribution in [0.5, 0.6) is 0 Å². The lowest BCUT2D eigenvalue weighted by molar-refractivity contribution is -0.111. The van der Waals surface area contributed by atoms with Crippen LogP contribution in [-0.4, -0.2) is 10.9 Å². The first-order valence-corrected chi connectivity index (χ1v) is 9.55. The molecule has 1 amide bonds. The third kappa shape index (κ3) is 4.22. The van der Waals surface area contributed by atoms with Crippen LogP contribution in [0.4, 0.5) is 5.13 Å². The average molecular weight is 415 g/mol. The zero-order valence-corrected chi connectivity index (χ0v) is 16.1. The first-order valence-electron chi connectivity index (χ1n) is 7.98. The van der Waals surface area contributed by atoms with E-state index in [1.807, 2.05) is 24.3 Å². The molecule has 2 heterocycles. The van der Waals surface area contributed by atoms with Gasteiger partial charge in [0.1, 0.15) is 11.5 Å². The second kappa shape index (κ2) is 7.56. The molecule has 0 fully saturated rings. The van der Waals surface area contributed by atoms with Crippen molar-refractivity contribution in [2.75, 3.05) is 5.32 Å². The van der Waals surface area contributed by atoms with Gasteiger partial charge in [-0.15, -0.1) is 0 Å². The molecule has 0 unspecified atom stereocenters. The molecule has 2 aromatic heterocycles. The van der Waals surface area contributed by atoms with Crippen molar-refractivity contribution in [3.8, 4) is 11.3 Å². The molecular weight excluding hydrogens is 403 g/mol. The number of furan rings is 1. The summed E-state index contributed by atoms with van der Waals surface area (Å²) in [4.78, 5) is 16.5. The molecule has 0 saturated carbocycles. The lowest BCUT2D eigenvalue weighted by Gasteiger charge is -1.99. The molecule has 0 atom stereocenters. The minimum atomic E-state index is -0.280. The zero-order valence-electron chi connectivity index (χ0n) is 13.8. The highest BCUT2D eigenvalue weighted by molar-refractivity contribution is 7.22. The summed E-state index contributed by atoms with van der Waals surface area (Å²) in [6.45, 7) is 0. The van der Waals surface area contributed by atoms with Crippen LogP contribution in [0.2, 0.25) is 10.0 Å². The molecule has 4 nitrogen and oxygen atoms in total. The summed E-state index contributed by atoms with van der Waals surface area (Å²) < 4.78 is 6.75. The van der Waals surface area contributed by atoms with Crippen LogP contribution in [0.1, 0.15) is 5.76 Å². The van der Waals surface area contributed by atoms with Gasteiger partial charge in [-0.3, -0.25) is 10.1 Å². The van der Waals surface area contributed by atoms with Crippen LogP contribution >= 0.6 is 34.5 Å². The molecule has 0 bridgehead atoms. The van der Waals surface area contributed by atoms with E-state index in [1.165, 1.54) is 17.4 Å². The predicted molar refractivity (Wildman–Crippen MR) is 111 cm³/mol. The van der Waals surface area contributed by atoms with E-state index in [0.717, 1.165) is 15.8 Å². The predicted octanol–water partition coefficient (Wildman–Crippen LogP) is 6.52. The number of nitrogens with one attached hydrogen (secondary N) is 1. The molecule has 7 heteroatoms. The maximum atomic E-state index is 12.1. The molecule has 0 aliphatic carbocycles. The SMILES string of the molecule is O=C(C=Cc1ccc(-c2cc(Cl)cc(Cl)c2)o1)Nc1nc2ccccc2s1. The lowest BCUT2D eigenvalue weighted by Crippen LogP contribution is -2.07. The average Bonchev–Trinajstić information content (AvgIpc) is 3.25. The van der Waals surface area contributed by atoms with Gasteiger partial charge in [-0.2, -0.15) is 0 Å². The Morgan fingerprint density at radius 3 is 2.63 bits per heavy atom. The summed E-state index contributed by atoms with van der Waals surface area (Å²) in [5, 5.41) is 4.37. The van der Waals surface area contributed by atoms with E-state index in [1.54, 1.807) is 36.4 Å². The topological polar surface area (TPSA) is 55.1 Å². The number of carbonyl (C=O) groups excluding carboxylic acids is 1. The van der Waals surface area contributed by atoms with Crippen molar-refractivity contribution in [1.82, 2.24) is 4.98 Å². The molecule has 27 heavy (non-hydrogen) atoms. The smallest absolute Gasteiger partial charge is 0.250 e. The number of rotatable bonds is 4. The van der Waals surface area contributed by atoms with Gasteiger partial charge in [-0.25, -0.2) is 4.98 Å². The van der Waals surface area contributed by atoms with Crippen molar-refractivity contribution in [3.63, 3.8) is 0 Å². The summed E-state index contributed by atoms with van der Waals surface area (Å²) in [6, 6.07) is 16.5. The maximum Gasteiger partial charge on any atom is 0.250 e. The Bertz CT molecular complexity index is 1110. The maximum absolute atomic E-state index is 12.1. The van der Waals surface area contributed by atoms with E-state index in [0.29, 0.717) is 26.7 Å². The molecule has 2 aromatic carbocycles. The summed E-state index contributed by atoms with van der Waals surface area (Å²) in [7, 11) is 0. The van der Waals surface area contributed by atoms with Crippen LogP contribution in [0.3, 0.4) is 0 Å². The number of fused-ring (bicyclic) bond motifs is 1. The van der Waals surface area contributed by atoms with Crippen LogP contribution in [0.25, 0.3) is 27.6 Å². The van der Waals surface area contributed by atoms with Gasteiger partial charge in [-0.05, 0) is 48.5 Å². The number of para-hydroxylation sites is 1. The number of thiazole rings is 1. The minimum absolute atomic E-state index is 0.280. The molecule has 0 spiro atoms. The van der Waals surface area contributed by atoms with Crippen molar-refractivity contribution in [2.45, 2.75) is 0 Å². The standard InChI is InChI=1S/C20H12Cl2N2O2S/c21-13-9-12(10-14(22)11-13)17-7-5-15(26-17)6-8-19(25)24-20-23-16-3-1-2-4-18(16)27-20/h1-11H,(H,23,24,25). The number of carbonyl (C=O) groups is 1. The third-order valence-corrected chi connectivity index (χ3v) is 5.09. The number of amides is 1. The molecule has 134 valence electrons. The highest BCUT2D eigenvalue weighted by Gasteiger charge is 2.07. The van der Waals surface area contributed by atoms with Gasteiger partial charge in [0, 0.05) is 21.7 Å². The van der Waals surface area contributed by atoms with Gasteiger partial charge >= 0.3 is 0 Å². The van der Waals surface area contributed by atoms with Crippen LogP contribution in [0, 0.1) is 0 Å². The van der Waals surface area contributed by atoms with Gasteiger partial charge in [-0.1, -0.05) is 46.7 Å². The van der Waals surface area contributed by atoms with Crippen molar-refractivity contribution in [1.29, 1.82) is 0 Å². The highest BCUT2D eigenvalue weighted by Crippen LogP contribution is 2.29. The van der Waals surface area contributed by atoms with Crippen molar-refractivity contribution in [2.24, 2.45) is 0 Å². The molecule has 4 rings (SSSR count). The lowest BCUT2D eigenvalue weighted by atomic mass is 10.2. The molecule has 0 saturated heterocycles. The first-order chi connectivity index (χ1) is 13.1. The van der Waals surface area contributed by atoms with Crippen molar-refractivity contribution < 1.29 is 9.21 Å². The van der Waals surface area contributed by atoms with E-state index in [4.69, 9.17) is 27.6 Å². The molecule has 0 aliphatic heterocycles. The van der Waals surface area contributed by atoms with E-state index < -0.39 is 0 Å². The normalized spacial score (nSPS) is 11.3. The Balaban J connectivity index is 1.46. The van der Waals surface area contributed by atoms with Gasteiger partial charge in [0.05, 0.1) is 10.2 Å². The fourth-order valence-electron chi connectivity index (χ4n) is 2.52. The van der Waals surface area contributed by atoms with Gasteiger partial charge in [0.15, 0.2) is 5.13 Å². The van der Waals surface area contributed by atoms with Gasteiger partial charge < -0.3 is 4.42 Å². The van der Waals surface area contributed by atoms with Gasteiger partial charge in [0.2, 0.25) is 5.91 Å². The largest absolute Gasteiger partial charge is 0.457 e. The second-order valence-corrected chi connectivity index (χ2v) is 7.57. The number of hydrogen-bond acceptors (Lipinski definition) is 4. The number of anilines is 1. The van der Waals surface area contributed by atoms with Crippen LogP contribution in [-0.2, 0) is 4.79 Å². The van der Waals surface area contributed by atoms with Gasteiger partial charge in [0.25, 0.3) is 0 Å². The van der Waals surface area contributed by atoms with E-state index >= 15 is 0 Å². The summed E-state index contributed by atoms with van der Waals surface area (Å²) in [5.41, 5.74) is 1.63. The van der Waals surface area contributed by atoms with E-state index in [-0.39, 0.29) is 5.91 Å². The first kappa shape index (κ1) is 17.8. The Morgan fingerprint density at radius 2 is 1.85 bits per heavy atom. The fourth-order valence-corrected chi connectivity index (χ4v) is 3.92. The molecule has 4 aromatic rings. The third-order valence-electron chi connectivity index (χ3n) is 3.70.